The van der Waals surface area contributed by atoms with E-state index >= 15 is 0 Å². The lowest BCUT2D eigenvalue weighted by Gasteiger charge is -1.99. The van der Waals surface area contributed by atoms with Gasteiger partial charge in [0.15, 0.2) is 0 Å². The third-order valence-corrected chi connectivity index (χ3v) is 2.20. The van der Waals surface area contributed by atoms with Crippen LogP contribution in [0.5, 0.6) is 0 Å². The van der Waals surface area contributed by atoms with Crippen LogP contribution >= 0.6 is 0 Å². The Morgan fingerprint density at radius 3 is 2.82 bits per heavy atom. The average Bonchev–Trinajstić information content (AvgIpc) is 2.77. The van der Waals surface area contributed by atoms with Crippen molar-refractivity contribution in [2.45, 2.75) is 6.92 Å². The highest BCUT2D eigenvalue weighted by Gasteiger charge is 2.17. The summed E-state index contributed by atoms with van der Waals surface area (Å²) in [5, 5.41) is 7.25. The molecule has 1 aromatic heterocycles. The van der Waals surface area contributed by atoms with Crippen molar-refractivity contribution in [2.75, 3.05) is 7.11 Å². The Balaban J connectivity index is 2.40. The van der Waals surface area contributed by atoms with Crippen molar-refractivity contribution in [3.05, 3.63) is 35.5 Å². The standard InChI is InChI=1S/C11H9FN2O3/c1-6-5-7(12)3-4-8(6)9-13-14-10(17-9)11(15)16-2/h3-5H,1-2H3. The Kier molecular flexibility index (Phi) is 2.86. The molecule has 0 amide bonds. The number of halogens is 1. The van der Waals surface area contributed by atoms with Gasteiger partial charge in [-0.2, -0.15) is 0 Å². The third kappa shape index (κ3) is 2.15. The summed E-state index contributed by atoms with van der Waals surface area (Å²) in [5.74, 6) is -1.13. The average molecular weight is 236 g/mol. The lowest BCUT2D eigenvalue weighted by Crippen LogP contribution is -2.00. The minimum atomic E-state index is -0.705. The van der Waals surface area contributed by atoms with Gasteiger partial charge in [-0.05, 0) is 30.7 Å². The van der Waals surface area contributed by atoms with Gasteiger partial charge in [0.1, 0.15) is 5.82 Å². The van der Waals surface area contributed by atoms with E-state index < -0.39 is 5.97 Å². The van der Waals surface area contributed by atoms with E-state index in [1.54, 1.807) is 6.92 Å². The van der Waals surface area contributed by atoms with Gasteiger partial charge in [0.05, 0.1) is 7.11 Å². The second-order valence-electron chi connectivity index (χ2n) is 3.36. The quantitative estimate of drug-likeness (QED) is 0.746. The van der Waals surface area contributed by atoms with Crippen molar-refractivity contribution in [1.29, 1.82) is 0 Å². The van der Waals surface area contributed by atoms with Gasteiger partial charge >= 0.3 is 11.9 Å². The van der Waals surface area contributed by atoms with Gasteiger partial charge < -0.3 is 9.15 Å². The normalized spacial score (nSPS) is 10.3. The van der Waals surface area contributed by atoms with Crippen LogP contribution in [-0.4, -0.2) is 23.3 Å². The number of rotatable bonds is 2. The molecule has 0 bridgehead atoms. The number of methoxy groups -OCH3 is 1. The molecule has 0 aliphatic rings. The summed E-state index contributed by atoms with van der Waals surface area (Å²) in [6, 6.07) is 4.14. The second-order valence-corrected chi connectivity index (χ2v) is 3.36. The van der Waals surface area contributed by atoms with Crippen LogP contribution in [0.3, 0.4) is 0 Å². The number of hydrogen-bond donors (Lipinski definition) is 0. The molecule has 0 radical (unpaired) electrons. The molecule has 1 heterocycles. The highest BCUT2D eigenvalue weighted by Crippen LogP contribution is 2.22. The SMILES string of the molecule is COC(=O)c1nnc(-c2ccc(F)cc2C)o1. The first kappa shape index (κ1) is 11.3. The highest BCUT2D eigenvalue weighted by molar-refractivity contribution is 5.84. The lowest BCUT2D eigenvalue weighted by atomic mass is 10.1. The fourth-order valence-electron chi connectivity index (χ4n) is 1.37. The summed E-state index contributed by atoms with van der Waals surface area (Å²) < 4.78 is 22.5. The predicted molar refractivity (Wildman–Crippen MR) is 55.8 cm³/mol. The highest BCUT2D eigenvalue weighted by atomic mass is 19.1. The number of nitrogens with zero attached hydrogens (tertiary/aromatic N) is 2. The van der Waals surface area contributed by atoms with Gasteiger partial charge in [0.2, 0.25) is 5.89 Å². The Hall–Kier alpha value is -2.24. The van der Waals surface area contributed by atoms with Crippen molar-refractivity contribution in [1.82, 2.24) is 10.2 Å². The van der Waals surface area contributed by atoms with E-state index in [0.717, 1.165) is 0 Å². The summed E-state index contributed by atoms with van der Waals surface area (Å²) >= 11 is 0. The predicted octanol–water partition coefficient (Wildman–Crippen LogP) is 1.97. The van der Waals surface area contributed by atoms with Gasteiger partial charge in [-0.3, -0.25) is 0 Å². The topological polar surface area (TPSA) is 65.2 Å². The molecular weight excluding hydrogens is 227 g/mol. The van der Waals surface area contributed by atoms with Gasteiger partial charge in [-0.15, -0.1) is 10.2 Å². The molecule has 6 heteroatoms. The molecule has 0 saturated heterocycles. The largest absolute Gasteiger partial charge is 0.462 e. The van der Waals surface area contributed by atoms with Crippen molar-refractivity contribution in [2.24, 2.45) is 0 Å². The first-order valence-electron chi connectivity index (χ1n) is 4.80. The lowest BCUT2D eigenvalue weighted by molar-refractivity contribution is 0.0556. The molecule has 0 saturated carbocycles. The van der Waals surface area contributed by atoms with Crippen LogP contribution in [0.1, 0.15) is 16.2 Å². The molecule has 0 atom stereocenters. The molecule has 0 N–H and O–H groups in total. The molecule has 0 aliphatic carbocycles. The van der Waals surface area contributed by atoms with Crippen molar-refractivity contribution in [3.8, 4) is 11.5 Å². The van der Waals surface area contributed by atoms with E-state index in [9.17, 15) is 9.18 Å². The zero-order valence-corrected chi connectivity index (χ0v) is 9.23. The van der Waals surface area contributed by atoms with E-state index in [2.05, 4.69) is 14.9 Å². The van der Waals surface area contributed by atoms with Crippen LogP contribution in [0.4, 0.5) is 4.39 Å². The van der Waals surface area contributed by atoms with E-state index in [0.29, 0.717) is 11.1 Å². The molecule has 2 rings (SSSR count). The van der Waals surface area contributed by atoms with Crippen LogP contribution < -0.4 is 0 Å². The van der Waals surface area contributed by atoms with Gasteiger partial charge in [-0.25, -0.2) is 9.18 Å². The van der Waals surface area contributed by atoms with Crippen molar-refractivity contribution >= 4 is 5.97 Å². The number of aryl methyl sites for hydroxylation is 1. The summed E-state index contributed by atoms with van der Waals surface area (Å²) in [4.78, 5) is 11.1. The third-order valence-electron chi connectivity index (χ3n) is 2.20. The molecule has 0 spiro atoms. The maximum Gasteiger partial charge on any atom is 0.396 e. The number of carbonyl (C=O) groups is 1. The Labute approximate surface area is 96.2 Å². The monoisotopic (exact) mass is 236 g/mol. The van der Waals surface area contributed by atoms with Crippen LogP contribution in [0.2, 0.25) is 0 Å². The van der Waals surface area contributed by atoms with Crippen LogP contribution in [-0.2, 0) is 4.74 Å². The van der Waals surface area contributed by atoms with Crippen LogP contribution in [0, 0.1) is 12.7 Å². The Morgan fingerprint density at radius 2 is 2.18 bits per heavy atom. The number of hydrogen-bond acceptors (Lipinski definition) is 5. The molecule has 0 unspecified atom stereocenters. The molecule has 17 heavy (non-hydrogen) atoms. The molecule has 0 aliphatic heterocycles. The summed E-state index contributed by atoms with van der Waals surface area (Å²) in [6.45, 7) is 1.71. The summed E-state index contributed by atoms with van der Waals surface area (Å²) in [6.07, 6.45) is 0. The van der Waals surface area contributed by atoms with Gasteiger partial charge in [0.25, 0.3) is 0 Å². The van der Waals surface area contributed by atoms with E-state index in [1.165, 1.54) is 25.3 Å². The minimum absolute atomic E-state index is 0.155. The van der Waals surface area contributed by atoms with E-state index in [1.807, 2.05) is 0 Å². The Morgan fingerprint density at radius 1 is 1.41 bits per heavy atom. The molecule has 5 nitrogen and oxygen atoms in total. The molecule has 2 aromatic rings. The fraction of sp³-hybridized carbons (Fsp3) is 0.182. The first-order valence-corrected chi connectivity index (χ1v) is 4.80. The maximum absolute atomic E-state index is 12.9. The number of ether oxygens (including phenoxy) is 1. The molecule has 0 fully saturated rings. The number of carbonyl (C=O) groups excluding carboxylic acids is 1. The smallest absolute Gasteiger partial charge is 0.396 e. The van der Waals surface area contributed by atoms with Gasteiger partial charge in [-0.1, -0.05) is 0 Å². The van der Waals surface area contributed by atoms with E-state index in [4.69, 9.17) is 4.42 Å². The van der Waals surface area contributed by atoms with Crippen LogP contribution in [0.15, 0.2) is 22.6 Å². The Bertz CT molecular complexity index is 566. The summed E-state index contributed by atoms with van der Waals surface area (Å²) in [7, 11) is 1.22. The minimum Gasteiger partial charge on any atom is -0.462 e. The van der Waals surface area contributed by atoms with E-state index in [-0.39, 0.29) is 17.6 Å². The van der Waals surface area contributed by atoms with Crippen molar-refractivity contribution < 1.29 is 18.3 Å². The zero-order valence-electron chi connectivity index (χ0n) is 9.23. The number of esters is 1. The maximum atomic E-state index is 12.9. The van der Waals surface area contributed by atoms with Gasteiger partial charge in [0, 0.05) is 5.56 Å². The molecule has 1 aromatic carbocycles. The molecule has 88 valence electrons. The summed E-state index contributed by atoms with van der Waals surface area (Å²) in [5.41, 5.74) is 1.22. The molecular formula is C11H9FN2O3. The number of benzene rings is 1. The van der Waals surface area contributed by atoms with Crippen LogP contribution in [0.25, 0.3) is 11.5 Å². The fourth-order valence-corrected chi connectivity index (χ4v) is 1.37. The first-order chi connectivity index (χ1) is 8.11. The zero-order chi connectivity index (χ0) is 12.4. The van der Waals surface area contributed by atoms with Crippen molar-refractivity contribution in [3.63, 3.8) is 0 Å². The second kappa shape index (κ2) is 4.32. The number of aromatic nitrogens is 2.